The van der Waals surface area contributed by atoms with E-state index in [1.807, 2.05) is 19.1 Å². The molecule has 0 saturated heterocycles. The quantitative estimate of drug-likeness (QED) is 0.926. The van der Waals surface area contributed by atoms with Gasteiger partial charge in [0, 0.05) is 11.5 Å². The zero-order chi connectivity index (χ0) is 12.3. The van der Waals surface area contributed by atoms with Crippen molar-refractivity contribution >= 4 is 15.9 Å². The van der Waals surface area contributed by atoms with Gasteiger partial charge in [-0.25, -0.2) is 0 Å². The van der Waals surface area contributed by atoms with Crippen molar-refractivity contribution in [2.75, 3.05) is 14.2 Å². The van der Waals surface area contributed by atoms with Crippen LogP contribution in [0.1, 0.15) is 25.3 Å². The molecule has 16 heavy (non-hydrogen) atoms. The maximum absolute atomic E-state index is 9.61. The Kier molecular flexibility index (Phi) is 4.62. The molecular weight excluding hydrogens is 272 g/mol. The average Bonchev–Trinajstić information content (AvgIpc) is 2.27. The van der Waals surface area contributed by atoms with Crippen LogP contribution in [0.3, 0.4) is 0 Å². The Morgan fingerprint density at radius 1 is 1.19 bits per heavy atom. The third kappa shape index (κ3) is 2.50. The lowest BCUT2D eigenvalue weighted by atomic mass is 9.95. The van der Waals surface area contributed by atoms with Crippen molar-refractivity contribution in [3.63, 3.8) is 0 Å². The molecule has 2 unspecified atom stereocenters. The van der Waals surface area contributed by atoms with E-state index in [-0.39, 0.29) is 5.92 Å². The van der Waals surface area contributed by atoms with E-state index in [1.54, 1.807) is 21.1 Å². The molecule has 0 heterocycles. The highest BCUT2D eigenvalue weighted by Crippen LogP contribution is 2.40. The summed E-state index contributed by atoms with van der Waals surface area (Å²) in [7, 11) is 3.22. The molecule has 90 valence electrons. The smallest absolute Gasteiger partial charge is 0.140 e. The number of methoxy groups -OCH3 is 2. The van der Waals surface area contributed by atoms with Crippen LogP contribution in [0.5, 0.6) is 11.5 Å². The summed E-state index contributed by atoms with van der Waals surface area (Å²) in [5, 5.41) is 9.61. The minimum absolute atomic E-state index is 0.0113. The molecule has 0 amide bonds. The predicted molar refractivity (Wildman–Crippen MR) is 67.3 cm³/mol. The number of benzene rings is 1. The van der Waals surface area contributed by atoms with Crippen LogP contribution in [0.2, 0.25) is 0 Å². The number of rotatable bonds is 4. The third-order valence-corrected chi connectivity index (χ3v) is 3.48. The Morgan fingerprint density at radius 2 is 1.81 bits per heavy atom. The fourth-order valence-corrected chi connectivity index (χ4v) is 2.22. The number of aliphatic hydroxyl groups excluding tert-OH is 1. The summed E-state index contributed by atoms with van der Waals surface area (Å²) in [6, 6.07) is 3.78. The van der Waals surface area contributed by atoms with Crippen LogP contribution in [0.15, 0.2) is 16.6 Å². The molecule has 3 nitrogen and oxygen atoms in total. The standard InChI is InChI=1S/C12H17BrO3/c1-7(8(2)14)9-5-6-10(15-3)11(13)12(9)16-4/h5-8,14H,1-4H3. The zero-order valence-corrected chi connectivity index (χ0v) is 11.5. The fourth-order valence-electron chi connectivity index (χ4n) is 1.54. The van der Waals surface area contributed by atoms with Crippen molar-refractivity contribution in [3.05, 3.63) is 22.2 Å². The van der Waals surface area contributed by atoms with Crippen LogP contribution in [0.25, 0.3) is 0 Å². The zero-order valence-electron chi connectivity index (χ0n) is 9.95. The van der Waals surface area contributed by atoms with Gasteiger partial charge in [0.25, 0.3) is 0 Å². The fraction of sp³-hybridized carbons (Fsp3) is 0.500. The van der Waals surface area contributed by atoms with E-state index in [2.05, 4.69) is 15.9 Å². The number of ether oxygens (including phenoxy) is 2. The molecule has 0 fully saturated rings. The summed E-state index contributed by atoms with van der Waals surface area (Å²) in [4.78, 5) is 0. The second-order valence-corrected chi connectivity index (χ2v) is 4.53. The van der Waals surface area contributed by atoms with Gasteiger partial charge in [0.1, 0.15) is 16.0 Å². The van der Waals surface area contributed by atoms with Gasteiger partial charge in [-0.05, 0) is 28.9 Å². The summed E-state index contributed by atoms with van der Waals surface area (Å²) in [6.07, 6.45) is -0.422. The molecule has 0 aliphatic heterocycles. The van der Waals surface area contributed by atoms with E-state index >= 15 is 0 Å². The Morgan fingerprint density at radius 3 is 2.25 bits per heavy atom. The van der Waals surface area contributed by atoms with E-state index in [9.17, 15) is 5.11 Å². The number of aliphatic hydroxyl groups is 1. The van der Waals surface area contributed by atoms with E-state index < -0.39 is 6.10 Å². The second-order valence-electron chi connectivity index (χ2n) is 3.73. The molecule has 0 bridgehead atoms. The Hall–Kier alpha value is -0.740. The van der Waals surface area contributed by atoms with Crippen LogP contribution < -0.4 is 9.47 Å². The molecule has 0 aromatic heterocycles. The van der Waals surface area contributed by atoms with Crippen molar-refractivity contribution in [2.45, 2.75) is 25.9 Å². The van der Waals surface area contributed by atoms with Crippen molar-refractivity contribution in [1.29, 1.82) is 0 Å². The molecule has 0 radical (unpaired) electrons. The summed E-state index contributed by atoms with van der Waals surface area (Å²) < 4.78 is 11.3. The predicted octanol–water partition coefficient (Wildman–Crippen LogP) is 2.95. The lowest BCUT2D eigenvalue weighted by molar-refractivity contribution is 0.167. The summed E-state index contributed by atoms with van der Waals surface area (Å²) >= 11 is 3.44. The normalized spacial score (nSPS) is 14.4. The third-order valence-electron chi connectivity index (χ3n) is 2.73. The average molecular weight is 289 g/mol. The van der Waals surface area contributed by atoms with Gasteiger partial charge in [0.05, 0.1) is 20.3 Å². The summed E-state index contributed by atoms with van der Waals surface area (Å²) in [6.45, 7) is 3.73. The van der Waals surface area contributed by atoms with Crippen LogP contribution >= 0.6 is 15.9 Å². The second kappa shape index (κ2) is 5.55. The van der Waals surface area contributed by atoms with Gasteiger partial charge in [-0.15, -0.1) is 0 Å². The molecule has 1 aromatic rings. The Balaban J connectivity index is 3.25. The largest absolute Gasteiger partial charge is 0.495 e. The maximum Gasteiger partial charge on any atom is 0.140 e. The van der Waals surface area contributed by atoms with Crippen molar-refractivity contribution in [3.8, 4) is 11.5 Å². The van der Waals surface area contributed by atoms with Gasteiger partial charge < -0.3 is 14.6 Å². The number of hydrogen-bond acceptors (Lipinski definition) is 3. The molecule has 0 aliphatic rings. The Labute approximate surface area is 105 Å². The van der Waals surface area contributed by atoms with Gasteiger partial charge >= 0.3 is 0 Å². The highest BCUT2D eigenvalue weighted by atomic mass is 79.9. The first-order chi connectivity index (χ1) is 7.52. The highest BCUT2D eigenvalue weighted by Gasteiger charge is 2.20. The molecule has 0 spiro atoms. The maximum atomic E-state index is 9.61. The van der Waals surface area contributed by atoms with Crippen LogP contribution in [0.4, 0.5) is 0 Å². The van der Waals surface area contributed by atoms with Gasteiger partial charge in [-0.3, -0.25) is 0 Å². The molecule has 2 atom stereocenters. The first kappa shape index (κ1) is 13.3. The number of halogens is 1. The van der Waals surface area contributed by atoms with E-state index in [1.165, 1.54) is 0 Å². The lowest BCUT2D eigenvalue weighted by Crippen LogP contribution is -2.12. The molecule has 1 aromatic carbocycles. The molecule has 0 saturated carbocycles. The first-order valence-corrected chi connectivity index (χ1v) is 5.90. The van der Waals surface area contributed by atoms with Crippen LogP contribution in [-0.2, 0) is 0 Å². The molecule has 0 aliphatic carbocycles. The topological polar surface area (TPSA) is 38.7 Å². The number of hydrogen-bond donors (Lipinski definition) is 1. The van der Waals surface area contributed by atoms with Gasteiger partial charge in [0.15, 0.2) is 0 Å². The van der Waals surface area contributed by atoms with Crippen LogP contribution in [-0.4, -0.2) is 25.4 Å². The van der Waals surface area contributed by atoms with Crippen molar-refractivity contribution in [2.24, 2.45) is 0 Å². The molecular formula is C12H17BrO3. The monoisotopic (exact) mass is 288 g/mol. The molecule has 1 rings (SSSR count). The SMILES string of the molecule is COc1ccc(C(C)C(C)O)c(OC)c1Br. The van der Waals surface area contributed by atoms with Crippen LogP contribution in [0, 0.1) is 0 Å². The van der Waals surface area contributed by atoms with Gasteiger partial charge in [-0.2, -0.15) is 0 Å². The minimum atomic E-state index is -0.422. The van der Waals surface area contributed by atoms with E-state index in [0.717, 1.165) is 15.8 Å². The minimum Gasteiger partial charge on any atom is -0.495 e. The van der Waals surface area contributed by atoms with E-state index in [4.69, 9.17) is 9.47 Å². The van der Waals surface area contributed by atoms with E-state index in [0.29, 0.717) is 5.75 Å². The van der Waals surface area contributed by atoms with Gasteiger partial charge in [0.2, 0.25) is 0 Å². The highest BCUT2D eigenvalue weighted by molar-refractivity contribution is 9.10. The molecule has 1 N–H and O–H groups in total. The summed E-state index contributed by atoms with van der Waals surface area (Å²) in [5.74, 6) is 1.45. The van der Waals surface area contributed by atoms with Crippen molar-refractivity contribution < 1.29 is 14.6 Å². The lowest BCUT2D eigenvalue weighted by Gasteiger charge is -2.20. The summed E-state index contributed by atoms with van der Waals surface area (Å²) in [5.41, 5.74) is 0.963. The Bertz CT molecular complexity index is 364. The van der Waals surface area contributed by atoms with Crippen molar-refractivity contribution in [1.82, 2.24) is 0 Å². The first-order valence-electron chi connectivity index (χ1n) is 5.11. The molecule has 4 heteroatoms. The van der Waals surface area contributed by atoms with Gasteiger partial charge in [-0.1, -0.05) is 13.0 Å².